The average molecular weight is 523 g/mol. The van der Waals surface area contributed by atoms with Gasteiger partial charge in [-0.05, 0) is 24.6 Å². The quantitative estimate of drug-likeness (QED) is 0.268. The number of nitrogens with one attached hydrogen (secondary N) is 2. The summed E-state index contributed by atoms with van der Waals surface area (Å²) in [6.07, 6.45) is 3.52. The van der Waals surface area contributed by atoms with Crippen molar-refractivity contribution in [2.24, 2.45) is 4.99 Å². The number of ether oxygens (including phenoxy) is 1. The Bertz CT molecular complexity index is 932. The molecule has 160 valence electrons. The van der Waals surface area contributed by atoms with Crippen molar-refractivity contribution in [1.82, 2.24) is 20.2 Å². The second kappa shape index (κ2) is 12.2. The maximum absolute atomic E-state index is 13.7. The third kappa shape index (κ3) is 7.01. The molecule has 8 heteroatoms. The number of benzene rings is 2. The zero-order valence-electron chi connectivity index (χ0n) is 17.1. The van der Waals surface area contributed by atoms with Crippen LogP contribution in [0.4, 0.5) is 4.39 Å². The maximum Gasteiger partial charge on any atom is 0.191 e. The highest BCUT2D eigenvalue weighted by Crippen LogP contribution is 2.16. The van der Waals surface area contributed by atoms with Crippen LogP contribution in [0.15, 0.2) is 72.0 Å². The summed E-state index contributed by atoms with van der Waals surface area (Å²) in [5.41, 5.74) is 1.22. The van der Waals surface area contributed by atoms with Gasteiger partial charge in [0.05, 0.1) is 13.1 Å². The molecule has 0 aliphatic heterocycles. The van der Waals surface area contributed by atoms with E-state index in [-0.39, 0.29) is 41.6 Å². The number of aromatic nitrogens is 2. The van der Waals surface area contributed by atoms with Gasteiger partial charge in [-0.1, -0.05) is 42.5 Å². The Morgan fingerprint density at radius 3 is 2.60 bits per heavy atom. The van der Waals surface area contributed by atoms with E-state index < -0.39 is 0 Å². The van der Waals surface area contributed by atoms with Crippen LogP contribution < -0.4 is 15.4 Å². The Morgan fingerprint density at radius 1 is 1.13 bits per heavy atom. The summed E-state index contributed by atoms with van der Waals surface area (Å²) < 4.78 is 21.4. The van der Waals surface area contributed by atoms with Crippen LogP contribution in [0.25, 0.3) is 0 Å². The number of halogens is 2. The number of guanidine groups is 1. The summed E-state index contributed by atoms with van der Waals surface area (Å²) in [6.45, 7) is 3.64. The molecule has 0 saturated carbocycles. The number of aliphatic imine (C=N–C) groups is 1. The Labute approximate surface area is 193 Å². The SMILES string of the molecule is CN=C(NCc1nccn1Cc1ccccc1)NCC(C)Oc1ccccc1F.I. The van der Waals surface area contributed by atoms with E-state index in [1.54, 1.807) is 31.4 Å². The van der Waals surface area contributed by atoms with E-state index in [0.29, 0.717) is 19.0 Å². The van der Waals surface area contributed by atoms with Gasteiger partial charge in [0.15, 0.2) is 17.5 Å². The monoisotopic (exact) mass is 523 g/mol. The summed E-state index contributed by atoms with van der Waals surface area (Å²) in [4.78, 5) is 8.66. The van der Waals surface area contributed by atoms with Crippen molar-refractivity contribution in [3.8, 4) is 5.75 Å². The maximum atomic E-state index is 13.7. The van der Waals surface area contributed by atoms with Crippen LogP contribution in [0.5, 0.6) is 5.75 Å². The van der Waals surface area contributed by atoms with Crippen molar-refractivity contribution in [2.45, 2.75) is 26.1 Å². The molecule has 3 aromatic rings. The van der Waals surface area contributed by atoms with E-state index in [9.17, 15) is 4.39 Å². The van der Waals surface area contributed by atoms with Crippen LogP contribution >= 0.6 is 24.0 Å². The fourth-order valence-corrected chi connectivity index (χ4v) is 2.85. The molecule has 1 atom stereocenters. The first-order valence-corrected chi connectivity index (χ1v) is 9.55. The van der Waals surface area contributed by atoms with Gasteiger partial charge in [0.25, 0.3) is 0 Å². The minimum Gasteiger partial charge on any atom is -0.486 e. The van der Waals surface area contributed by atoms with Gasteiger partial charge in [-0.25, -0.2) is 9.37 Å². The molecule has 0 spiro atoms. The lowest BCUT2D eigenvalue weighted by molar-refractivity contribution is 0.214. The molecule has 0 saturated heterocycles. The second-order valence-corrected chi connectivity index (χ2v) is 6.62. The number of nitrogens with zero attached hydrogens (tertiary/aromatic N) is 3. The van der Waals surface area contributed by atoms with Gasteiger partial charge in [-0.15, -0.1) is 24.0 Å². The molecular weight excluding hydrogens is 496 g/mol. The van der Waals surface area contributed by atoms with E-state index in [1.807, 2.05) is 31.3 Å². The Morgan fingerprint density at radius 2 is 1.87 bits per heavy atom. The first kappa shape index (κ1) is 23.7. The van der Waals surface area contributed by atoms with Crippen molar-refractivity contribution in [3.05, 3.63) is 84.2 Å². The molecule has 0 bridgehead atoms. The molecule has 2 aromatic carbocycles. The van der Waals surface area contributed by atoms with E-state index >= 15 is 0 Å². The summed E-state index contributed by atoms with van der Waals surface area (Å²) in [6, 6.07) is 16.6. The van der Waals surface area contributed by atoms with E-state index in [2.05, 4.69) is 37.3 Å². The number of rotatable bonds is 8. The van der Waals surface area contributed by atoms with Crippen molar-refractivity contribution >= 4 is 29.9 Å². The predicted octanol–water partition coefficient (Wildman–Crippen LogP) is 3.82. The molecule has 0 amide bonds. The molecule has 0 aliphatic rings. The molecule has 3 rings (SSSR count). The highest BCUT2D eigenvalue weighted by molar-refractivity contribution is 14.0. The van der Waals surface area contributed by atoms with Crippen molar-refractivity contribution < 1.29 is 9.13 Å². The summed E-state index contributed by atoms with van der Waals surface area (Å²) in [5.74, 6) is 1.41. The van der Waals surface area contributed by atoms with Gasteiger partial charge in [-0.2, -0.15) is 0 Å². The largest absolute Gasteiger partial charge is 0.486 e. The molecule has 1 unspecified atom stereocenters. The highest BCUT2D eigenvalue weighted by atomic mass is 127. The van der Waals surface area contributed by atoms with Crippen LogP contribution in [-0.4, -0.2) is 35.2 Å². The fraction of sp³-hybridized carbons (Fsp3) is 0.273. The first-order chi connectivity index (χ1) is 14.2. The molecule has 0 fully saturated rings. The molecule has 30 heavy (non-hydrogen) atoms. The fourth-order valence-electron chi connectivity index (χ4n) is 2.85. The Hall–Kier alpha value is -2.62. The zero-order chi connectivity index (χ0) is 20.5. The minimum absolute atomic E-state index is 0. The third-order valence-electron chi connectivity index (χ3n) is 4.36. The van der Waals surface area contributed by atoms with Gasteiger partial charge in [0, 0.05) is 26.0 Å². The molecule has 1 aromatic heterocycles. The van der Waals surface area contributed by atoms with Gasteiger partial charge in [-0.3, -0.25) is 4.99 Å². The van der Waals surface area contributed by atoms with Crippen LogP contribution in [-0.2, 0) is 13.1 Å². The smallest absolute Gasteiger partial charge is 0.191 e. The molecule has 6 nitrogen and oxygen atoms in total. The normalized spacial score (nSPS) is 12.0. The number of para-hydroxylation sites is 1. The predicted molar refractivity (Wildman–Crippen MR) is 128 cm³/mol. The lowest BCUT2D eigenvalue weighted by atomic mass is 10.2. The van der Waals surface area contributed by atoms with Crippen LogP contribution in [0, 0.1) is 5.82 Å². The second-order valence-electron chi connectivity index (χ2n) is 6.62. The lowest BCUT2D eigenvalue weighted by Gasteiger charge is -2.18. The molecule has 0 aliphatic carbocycles. The summed E-state index contributed by atoms with van der Waals surface area (Å²) in [5, 5.41) is 6.45. The summed E-state index contributed by atoms with van der Waals surface area (Å²) >= 11 is 0. The van der Waals surface area contributed by atoms with E-state index in [0.717, 1.165) is 12.4 Å². The van der Waals surface area contributed by atoms with Crippen molar-refractivity contribution in [3.63, 3.8) is 0 Å². The van der Waals surface area contributed by atoms with Crippen LogP contribution in [0.2, 0.25) is 0 Å². The van der Waals surface area contributed by atoms with Gasteiger partial charge in [0.2, 0.25) is 0 Å². The van der Waals surface area contributed by atoms with Crippen molar-refractivity contribution in [2.75, 3.05) is 13.6 Å². The topological polar surface area (TPSA) is 63.5 Å². The molecular formula is C22H27FIN5O. The highest BCUT2D eigenvalue weighted by Gasteiger charge is 2.10. The van der Waals surface area contributed by atoms with Crippen LogP contribution in [0.1, 0.15) is 18.3 Å². The van der Waals surface area contributed by atoms with E-state index in [4.69, 9.17) is 4.74 Å². The Kier molecular flexibility index (Phi) is 9.59. The first-order valence-electron chi connectivity index (χ1n) is 9.55. The molecule has 1 heterocycles. The average Bonchev–Trinajstić information content (AvgIpc) is 3.17. The van der Waals surface area contributed by atoms with Crippen LogP contribution in [0.3, 0.4) is 0 Å². The Balaban J connectivity index is 0.00000320. The number of imidazole rings is 1. The third-order valence-corrected chi connectivity index (χ3v) is 4.36. The van der Waals surface area contributed by atoms with Gasteiger partial charge < -0.3 is 19.9 Å². The van der Waals surface area contributed by atoms with Crippen molar-refractivity contribution in [1.29, 1.82) is 0 Å². The standard InChI is InChI=1S/C22H26FN5O.HI/c1-17(29-20-11-7-6-10-19(20)23)14-26-22(24-2)27-15-21-25-12-13-28(21)16-18-8-4-3-5-9-18;/h3-13,17H,14-16H2,1-2H3,(H2,24,26,27);1H. The molecule has 2 N–H and O–H groups in total. The number of hydrogen-bond donors (Lipinski definition) is 2. The lowest BCUT2D eigenvalue weighted by Crippen LogP contribution is -2.41. The summed E-state index contributed by atoms with van der Waals surface area (Å²) in [7, 11) is 1.70. The zero-order valence-corrected chi connectivity index (χ0v) is 19.4. The van der Waals surface area contributed by atoms with Gasteiger partial charge >= 0.3 is 0 Å². The van der Waals surface area contributed by atoms with E-state index in [1.165, 1.54) is 11.6 Å². The number of hydrogen-bond acceptors (Lipinski definition) is 3. The minimum atomic E-state index is -0.368. The molecule has 0 radical (unpaired) electrons. The van der Waals surface area contributed by atoms with Gasteiger partial charge in [0.1, 0.15) is 11.9 Å².